The number of fused-ring (bicyclic) bond motifs is 1. The van der Waals surface area contributed by atoms with E-state index < -0.39 is 0 Å². The molecule has 1 unspecified atom stereocenters. The summed E-state index contributed by atoms with van der Waals surface area (Å²) in [6.07, 6.45) is 0. The van der Waals surface area contributed by atoms with Crippen molar-refractivity contribution in [1.29, 1.82) is 0 Å². The molecule has 20 heavy (non-hydrogen) atoms. The lowest BCUT2D eigenvalue weighted by Gasteiger charge is -2.28. The van der Waals surface area contributed by atoms with Crippen LogP contribution in [0.5, 0.6) is 5.75 Å². The van der Waals surface area contributed by atoms with Crippen LogP contribution in [0.25, 0.3) is 0 Å². The maximum atomic E-state index is 5.99. The second-order valence-corrected chi connectivity index (χ2v) is 5.64. The van der Waals surface area contributed by atoms with Crippen molar-refractivity contribution >= 4 is 0 Å². The highest BCUT2D eigenvalue weighted by molar-refractivity contribution is 5.49. The molecule has 0 fully saturated rings. The lowest BCUT2D eigenvalue weighted by atomic mass is 9.92. The van der Waals surface area contributed by atoms with Crippen LogP contribution in [-0.2, 0) is 0 Å². The smallest absolute Gasteiger partial charge is 0.125 e. The second kappa shape index (κ2) is 5.29. The van der Waals surface area contributed by atoms with Crippen LogP contribution in [0.3, 0.4) is 0 Å². The van der Waals surface area contributed by atoms with Crippen molar-refractivity contribution in [1.82, 2.24) is 4.90 Å². The van der Waals surface area contributed by atoms with E-state index in [-0.39, 0.29) is 6.04 Å². The van der Waals surface area contributed by atoms with Gasteiger partial charge in [0, 0.05) is 12.1 Å². The highest BCUT2D eigenvalue weighted by Gasteiger charge is 2.27. The number of hydrogen-bond acceptors (Lipinski definition) is 2. The summed E-state index contributed by atoms with van der Waals surface area (Å²) in [6.45, 7) is 6.00. The van der Waals surface area contributed by atoms with Gasteiger partial charge < -0.3 is 4.74 Å². The molecule has 0 saturated heterocycles. The van der Waals surface area contributed by atoms with Crippen molar-refractivity contribution in [3.63, 3.8) is 0 Å². The van der Waals surface area contributed by atoms with Gasteiger partial charge in [0.1, 0.15) is 12.4 Å². The summed E-state index contributed by atoms with van der Waals surface area (Å²) in [7, 11) is 2.18. The molecular weight excluding hydrogens is 246 g/mol. The summed E-state index contributed by atoms with van der Waals surface area (Å²) in [5.41, 5.74) is 5.20. The van der Waals surface area contributed by atoms with Gasteiger partial charge in [0.15, 0.2) is 0 Å². The standard InChI is InChI=1S/C18H21NO/c1-13-11-14(2)17-16(12-13)20-10-9-19(3)18(17)15-7-5-4-6-8-15/h4-8,11-12,18H,9-10H2,1-3H3. The number of ether oxygens (including phenoxy) is 1. The van der Waals surface area contributed by atoms with E-state index in [4.69, 9.17) is 4.74 Å². The van der Waals surface area contributed by atoms with Crippen molar-refractivity contribution < 1.29 is 4.74 Å². The van der Waals surface area contributed by atoms with Gasteiger partial charge in [-0.05, 0) is 43.7 Å². The average molecular weight is 267 g/mol. The summed E-state index contributed by atoms with van der Waals surface area (Å²) < 4.78 is 5.99. The predicted molar refractivity (Wildman–Crippen MR) is 82.3 cm³/mol. The third kappa shape index (κ3) is 2.32. The Bertz CT molecular complexity index is 606. The van der Waals surface area contributed by atoms with Crippen molar-refractivity contribution in [2.24, 2.45) is 0 Å². The normalized spacial score (nSPS) is 19.1. The van der Waals surface area contributed by atoms with E-state index >= 15 is 0 Å². The first-order chi connectivity index (χ1) is 9.66. The molecule has 3 rings (SSSR count). The van der Waals surface area contributed by atoms with Crippen molar-refractivity contribution in [3.8, 4) is 5.75 Å². The lowest BCUT2D eigenvalue weighted by molar-refractivity contribution is 0.238. The summed E-state index contributed by atoms with van der Waals surface area (Å²) >= 11 is 0. The number of hydrogen-bond donors (Lipinski definition) is 0. The third-order valence-electron chi connectivity index (χ3n) is 4.02. The highest BCUT2D eigenvalue weighted by Crippen LogP contribution is 2.38. The second-order valence-electron chi connectivity index (χ2n) is 5.64. The molecule has 2 aromatic carbocycles. The third-order valence-corrected chi connectivity index (χ3v) is 4.02. The van der Waals surface area contributed by atoms with Crippen LogP contribution < -0.4 is 4.74 Å². The fourth-order valence-corrected chi connectivity index (χ4v) is 3.12. The van der Waals surface area contributed by atoms with Gasteiger partial charge in [-0.2, -0.15) is 0 Å². The van der Waals surface area contributed by atoms with Crippen LogP contribution in [0.2, 0.25) is 0 Å². The molecular formula is C18H21NO. The summed E-state index contributed by atoms with van der Waals surface area (Å²) in [5.74, 6) is 1.04. The van der Waals surface area contributed by atoms with Crippen LogP contribution in [-0.4, -0.2) is 25.1 Å². The van der Waals surface area contributed by atoms with Crippen molar-refractivity contribution in [3.05, 3.63) is 64.7 Å². The first-order valence-corrected chi connectivity index (χ1v) is 7.16. The van der Waals surface area contributed by atoms with Crippen LogP contribution >= 0.6 is 0 Å². The summed E-state index contributed by atoms with van der Waals surface area (Å²) in [4.78, 5) is 2.38. The van der Waals surface area contributed by atoms with E-state index in [9.17, 15) is 0 Å². The van der Waals surface area contributed by atoms with Gasteiger partial charge in [0.05, 0.1) is 6.04 Å². The molecule has 0 radical (unpaired) electrons. The molecule has 0 spiro atoms. The molecule has 2 aromatic rings. The molecule has 0 amide bonds. The van der Waals surface area contributed by atoms with Gasteiger partial charge in [0.25, 0.3) is 0 Å². The molecule has 0 N–H and O–H groups in total. The fourth-order valence-electron chi connectivity index (χ4n) is 3.12. The molecule has 1 atom stereocenters. The Morgan fingerprint density at radius 1 is 1.10 bits per heavy atom. The van der Waals surface area contributed by atoms with E-state index in [2.05, 4.69) is 68.3 Å². The minimum Gasteiger partial charge on any atom is -0.492 e. The fraction of sp³-hybridized carbons (Fsp3) is 0.333. The van der Waals surface area contributed by atoms with Gasteiger partial charge >= 0.3 is 0 Å². The molecule has 104 valence electrons. The van der Waals surface area contributed by atoms with Crippen LogP contribution in [0.1, 0.15) is 28.3 Å². The van der Waals surface area contributed by atoms with E-state index in [1.165, 1.54) is 22.3 Å². The van der Waals surface area contributed by atoms with Gasteiger partial charge in [-0.25, -0.2) is 0 Å². The first kappa shape index (κ1) is 13.2. The molecule has 1 aliphatic heterocycles. The van der Waals surface area contributed by atoms with Gasteiger partial charge in [0.2, 0.25) is 0 Å². The largest absolute Gasteiger partial charge is 0.492 e. The number of nitrogens with zero attached hydrogens (tertiary/aromatic N) is 1. The Morgan fingerprint density at radius 2 is 1.85 bits per heavy atom. The minimum atomic E-state index is 0.272. The van der Waals surface area contributed by atoms with Crippen molar-refractivity contribution in [2.75, 3.05) is 20.2 Å². The first-order valence-electron chi connectivity index (χ1n) is 7.16. The SMILES string of the molecule is Cc1cc(C)c2c(c1)OCCN(C)C2c1ccccc1. The number of aryl methyl sites for hydroxylation is 2. The van der Waals surface area contributed by atoms with E-state index in [1.807, 2.05) is 0 Å². The molecule has 0 bridgehead atoms. The Kier molecular flexibility index (Phi) is 3.49. The molecule has 0 saturated carbocycles. The monoisotopic (exact) mass is 267 g/mol. The van der Waals surface area contributed by atoms with E-state index in [0.717, 1.165) is 18.9 Å². The van der Waals surface area contributed by atoms with Gasteiger partial charge in [-0.15, -0.1) is 0 Å². The predicted octanol–water partition coefficient (Wildman–Crippen LogP) is 3.72. The molecule has 1 heterocycles. The number of likely N-dealkylation sites (N-methyl/N-ethyl adjacent to an activating group) is 1. The van der Waals surface area contributed by atoms with Crippen LogP contribution in [0.15, 0.2) is 42.5 Å². The maximum Gasteiger partial charge on any atom is 0.125 e. The quantitative estimate of drug-likeness (QED) is 0.781. The maximum absolute atomic E-state index is 5.99. The Morgan fingerprint density at radius 3 is 2.60 bits per heavy atom. The van der Waals surface area contributed by atoms with Gasteiger partial charge in [-0.1, -0.05) is 36.4 Å². The topological polar surface area (TPSA) is 12.5 Å². The Balaban J connectivity index is 2.19. The van der Waals surface area contributed by atoms with E-state index in [0.29, 0.717) is 0 Å². The van der Waals surface area contributed by atoms with Crippen molar-refractivity contribution in [2.45, 2.75) is 19.9 Å². The number of benzene rings is 2. The lowest BCUT2D eigenvalue weighted by Crippen LogP contribution is -2.27. The van der Waals surface area contributed by atoms with Gasteiger partial charge in [-0.3, -0.25) is 4.90 Å². The average Bonchev–Trinajstić information content (AvgIpc) is 2.58. The molecule has 0 aromatic heterocycles. The number of rotatable bonds is 1. The molecule has 1 aliphatic rings. The summed E-state index contributed by atoms with van der Waals surface area (Å²) in [5, 5.41) is 0. The zero-order chi connectivity index (χ0) is 14.1. The Labute approximate surface area is 121 Å². The zero-order valence-electron chi connectivity index (χ0n) is 12.4. The van der Waals surface area contributed by atoms with Crippen LogP contribution in [0.4, 0.5) is 0 Å². The highest BCUT2D eigenvalue weighted by atomic mass is 16.5. The Hall–Kier alpha value is -1.80. The molecule has 2 nitrogen and oxygen atoms in total. The molecule has 2 heteroatoms. The van der Waals surface area contributed by atoms with Crippen LogP contribution in [0, 0.1) is 13.8 Å². The minimum absolute atomic E-state index is 0.272. The molecule has 0 aliphatic carbocycles. The van der Waals surface area contributed by atoms with E-state index in [1.54, 1.807) is 0 Å². The zero-order valence-corrected chi connectivity index (χ0v) is 12.4. The summed E-state index contributed by atoms with van der Waals surface area (Å²) in [6, 6.07) is 15.4.